The van der Waals surface area contributed by atoms with Crippen molar-refractivity contribution in [2.24, 2.45) is 5.92 Å². The number of amides is 1. The third-order valence-electron chi connectivity index (χ3n) is 6.47. The van der Waals surface area contributed by atoms with E-state index in [0.29, 0.717) is 55.2 Å². The minimum Gasteiger partial charge on any atom is -0.497 e. The van der Waals surface area contributed by atoms with Crippen molar-refractivity contribution in [3.8, 4) is 22.8 Å². The second-order valence-electron chi connectivity index (χ2n) is 8.94. The van der Waals surface area contributed by atoms with E-state index in [-0.39, 0.29) is 23.5 Å². The zero-order chi connectivity index (χ0) is 27.2. The van der Waals surface area contributed by atoms with Gasteiger partial charge in [0.1, 0.15) is 12.0 Å². The molecule has 0 atom stereocenters. The van der Waals surface area contributed by atoms with E-state index in [9.17, 15) is 9.59 Å². The van der Waals surface area contributed by atoms with Crippen molar-refractivity contribution in [2.45, 2.75) is 30.7 Å². The molecule has 0 N–H and O–H groups in total. The van der Waals surface area contributed by atoms with Crippen LogP contribution in [0.15, 0.2) is 70.4 Å². The highest BCUT2D eigenvalue weighted by atomic mass is 32.2. The standard InChI is InChI=1S/C28H29N5O5S/c1-3-37-27(35)19-12-14-32(15-13-19)26(34)23-17-38-24(29-23)18-39-28-31-30-25(20-8-7-11-22(16-20)36-2)33(28)21-9-5-4-6-10-21/h4-11,16-17,19H,3,12-15,18H2,1-2H3. The summed E-state index contributed by atoms with van der Waals surface area (Å²) in [6.45, 7) is 3.11. The minimum absolute atomic E-state index is 0.165. The van der Waals surface area contributed by atoms with Crippen molar-refractivity contribution in [3.05, 3.63) is 72.4 Å². The second kappa shape index (κ2) is 12.2. The summed E-state index contributed by atoms with van der Waals surface area (Å²) < 4.78 is 18.1. The third kappa shape index (κ3) is 5.98. The van der Waals surface area contributed by atoms with Gasteiger partial charge in [-0.25, -0.2) is 4.98 Å². The lowest BCUT2D eigenvalue weighted by Crippen LogP contribution is -2.40. The van der Waals surface area contributed by atoms with Gasteiger partial charge >= 0.3 is 5.97 Å². The van der Waals surface area contributed by atoms with Crippen LogP contribution in [-0.2, 0) is 15.3 Å². The summed E-state index contributed by atoms with van der Waals surface area (Å²) in [6, 6.07) is 17.5. The Bertz CT molecular complexity index is 1430. The molecule has 0 aliphatic carbocycles. The lowest BCUT2D eigenvalue weighted by molar-refractivity contribution is -0.149. The number of para-hydroxylation sites is 1. The van der Waals surface area contributed by atoms with E-state index in [1.807, 2.05) is 59.2 Å². The minimum atomic E-state index is -0.204. The van der Waals surface area contributed by atoms with E-state index < -0.39 is 0 Å². The maximum Gasteiger partial charge on any atom is 0.309 e. The zero-order valence-electron chi connectivity index (χ0n) is 21.8. The van der Waals surface area contributed by atoms with E-state index in [1.165, 1.54) is 18.0 Å². The molecular weight excluding hydrogens is 518 g/mol. The fraction of sp³-hybridized carbons (Fsp3) is 0.321. The Kier molecular flexibility index (Phi) is 8.26. The lowest BCUT2D eigenvalue weighted by Gasteiger charge is -2.30. The van der Waals surface area contributed by atoms with Gasteiger partial charge in [-0.05, 0) is 44.0 Å². The molecule has 1 saturated heterocycles. The molecular formula is C28H29N5O5S. The summed E-state index contributed by atoms with van der Waals surface area (Å²) in [4.78, 5) is 31.1. The monoisotopic (exact) mass is 547 g/mol. The first-order chi connectivity index (χ1) is 19.1. The van der Waals surface area contributed by atoms with Gasteiger partial charge in [0.05, 0.1) is 25.4 Å². The van der Waals surface area contributed by atoms with Gasteiger partial charge < -0.3 is 18.8 Å². The van der Waals surface area contributed by atoms with Crippen LogP contribution in [0.25, 0.3) is 17.1 Å². The van der Waals surface area contributed by atoms with Gasteiger partial charge in [-0.3, -0.25) is 14.2 Å². The molecule has 0 bridgehead atoms. The number of piperidine rings is 1. The number of esters is 1. The first-order valence-corrected chi connectivity index (χ1v) is 13.7. The molecule has 11 heteroatoms. The Labute approximate surface area is 230 Å². The largest absolute Gasteiger partial charge is 0.497 e. The van der Waals surface area contributed by atoms with Crippen molar-refractivity contribution in [1.29, 1.82) is 0 Å². The van der Waals surface area contributed by atoms with Crippen LogP contribution in [0.5, 0.6) is 5.75 Å². The second-order valence-corrected chi connectivity index (χ2v) is 9.89. The van der Waals surface area contributed by atoms with Gasteiger partial charge in [0, 0.05) is 24.3 Å². The highest BCUT2D eigenvalue weighted by Crippen LogP contribution is 2.31. The maximum atomic E-state index is 13.0. The average molecular weight is 548 g/mol. The molecule has 10 nitrogen and oxygen atoms in total. The summed E-state index contributed by atoms with van der Waals surface area (Å²) in [5.74, 6) is 1.62. The number of thioether (sulfide) groups is 1. The third-order valence-corrected chi connectivity index (χ3v) is 7.39. The number of ether oxygens (including phenoxy) is 2. The molecule has 3 heterocycles. The molecule has 1 amide bonds. The molecule has 5 rings (SSSR count). The molecule has 39 heavy (non-hydrogen) atoms. The smallest absolute Gasteiger partial charge is 0.309 e. The topological polar surface area (TPSA) is 113 Å². The summed E-state index contributed by atoms with van der Waals surface area (Å²) in [7, 11) is 1.63. The van der Waals surface area contributed by atoms with Crippen molar-refractivity contribution in [2.75, 3.05) is 26.8 Å². The number of nitrogens with zero attached hydrogens (tertiary/aromatic N) is 5. The Morgan fingerprint density at radius 3 is 2.62 bits per heavy atom. The van der Waals surface area contributed by atoms with Gasteiger partial charge in [-0.2, -0.15) is 0 Å². The average Bonchev–Trinajstić information content (AvgIpc) is 3.64. The molecule has 2 aromatic heterocycles. The van der Waals surface area contributed by atoms with Crippen LogP contribution >= 0.6 is 11.8 Å². The quantitative estimate of drug-likeness (QED) is 0.218. The van der Waals surface area contributed by atoms with Crippen LogP contribution in [0.1, 0.15) is 36.1 Å². The number of hydrogen-bond acceptors (Lipinski definition) is 9. The van der Waals surface area contributed by atoms with Crippen LogP contribution in [0.4, 0.5) is 0 Å². The Hall–Kier alpha value is -4.12. The number of oxazole rings is 1. The van der Waals surface area contributed by atoms with Crippen LogP contribution in [0, 0.1) is 5.92 Å². The fourth-order valence-electron chi connectivity index (χ4n) is 4.46. The first kappa shape index (κ1) is 26.5. The van der Waals surface area contributed by atoms with Crippen molar-refractivity contribution < 1.29 is 23.5 Å². The Balaban J connectivity index is 1.29. The number of likely N-dealkylation sites (tertiary alicyclic amines) is 1. The SMILES string of the molecule is CCOC(=O)C1CCN(C(=O)c2coc(CSc3nnc(-c4cccc(OC)c4)n3-c3ccccc3)n2)CC1. The normalized spacial score (nSPS) is 13.8. The molecule has 4 aromatic rings. The predicted octanol–water partition coefficient (Wildman–Crippen LogP) is 4.64. The van der Waals surface area contributed by atoms with Crippen LogP contribution in [-0.4, -0.2) is 63.3 Å². The number of hydrogen-bond donors (Lipinski definition) is 0. The summed E-state index contributed by atoms with van der Waals surface area (Å²) in [5, 5.41) is 9.57. The molecule has 0 unspecified atom stereocenters. The predicted molar refractivity (Wildman–Crippen MR) is 145 cm³/mol. The number of carbonyl (C=O) groups is 2. The molecule has 2 aromatic carbocycles. The van der Waals surface area contributed by atoms with Gasteiger partial charge in [0.25, 0.3) is 5.91 Å². The molecule has 1 fully saturated rings. The zero-order valence-corrected chi connectivity index (χ0v) is 22.6. The van der Waals surface area contributed by atoms with E-state index in [4.69, 9.17) is 13.9 Å². The molecule has 0 saturated carbocycles. The van der Waals surface area contributed by atoms with Crippen molar-refractivity contribution in [1.82, 2.24) is 24.6 Å². The summed E-state index contributed by atoms with van der Waals surface area (Å²) >= 11 is 1.41. The van der Waals surface area contributed by atoms with Crippen LogP contribution in [0.2, 0.25) is 0 Å². The van der Waals surface area contributed by atoms with Gasteiger partial charge in [0.15, 0.2) is 16.7 Å². The Morgan fingerprint density at radius 1 is 1.08 bits per heavy atom. The fourth-order valence-corrected chi connectivity index (χ4v) is 5.27. The highest BCUT2D eigenvalue weighted by Gasteiger charge is 2.30. The lowest BCUT2D eigenvalue weighted by atomic mass is 9.97. The number of carbonyl (C=O) groups excluding carboxylic acids is 2. The van der Waals surface area contributed by atoms with Crippen LogP contribution < -0.4 is 4.74 Å². The van der Waals surface area contributed by atoms with Gasteiger partial charge in [-0.1, -0.05) is 42.1 Å². The van der Waals surface area contributed by atoms with E-state index in [2.05, 4.69) is 15.2 Å². The van der Waals surface area contributed by atoms with Gasteiger partial charge in [-0.15, -0.1) is 10.2 Å². The molecule has 1 aliphatic rings. The van der Waals surface area contributed by atoms with Crippen LogP contribution in [0.3, 0.4) is 0 Å². The number of benzene rings is 2. The van der Waals surface area contributed by atoms with Crippen molar-refractivity contribution >= 4 is 23.6 Å². The molecule has 0 spiro atoms. The Morgan fingerprint density at radius 2 is 1.87 bits per heavy atom. The van der Waals surface area contributed by atoms with Gasteiger partial charge in [0.2, 0.25) is 5.89 Å². The summed E-state index contributed by atoms with van der Waals surface area (Å²) in [6.07, 6.45) is 2.55. The molecule has 0 radical (unpaired) electrons. The van der Waals surface area contributed by atoms with E-state index in [0.717, 1.165) is 17.0 Å². The molecule has 202 valence electrons. The first-order valence-electron chi connectivity index (χ1n) is 12.8. The number of rotatable bonds is 9. The van der Waals surface area contributed by atoms with E-state index in [1.54, 1.807) is 18.9 Å². The van der Waals surface area contributed by atoms with E-state index >= 15 is 0 Å². The number of methoxy groups -OCH3 is 1. The summed E-state index contributed by atoms with van der Waals surface area (Å²) in [5.41, 5.74) is 2.03. The molecule has 1 aliphatic heterocycles. The van der Waals surface area contributed by atoms with Crippen molar-refractivity contribution in [3.63, 3.8) is 0 Å². The maximum absolute atomic E-state index is 13.0. The number of aromatic nitrogens is 4. The highest BCUT2D eigenvalue weighted by molar-refractivity contribution is 7.98.